The maximum atomic E-state index is 9.06. The van der Waals surface area contributed by atoms with Gasteiger partial charge in [-0.15, -0.1) is 0 Å². The summed E-state index contributed by atoms with van der Waals surface area (Å²) in [5.74, 6) is -0.0216. The van der Waals surface area contributed by atoms with E-state index in [2.05, 4.69) is 6.07 Å². The van der Waals surface area contributed by atoms with Crippen LogP contribution in [-0.4, -0.2) is 0 Å². The second-order valence-electron chi connectivity index (χ2n) is 4.10. The van der Waals surface area contributed by atoms with Crippen molar-refractivity contribution in [3.63, 3.8) is 0 Å². The normalized spacial score (nSPS) is 14.6. The Bertz CT molecular complexity index is 410. The first-order chi connectivity index (χ1) is 7.47. The van der Waals surface area contributed by atoms with Gasteiger partial charge in [-0.2, -0.15) is 5.26 Å². The summed E-state index contributed by atoms with van der Waals surface area (Å²) >= 11 is 11.7. The molecule has 0 saturated carbocycles. The number of benzene rings is 1. The second-order valence-corrected chi connectivity index (χ2v) is 4.91. The Morgan fingerprint density at radius 1 is 1.25 bits per heavy atom. The molecule has 0 radical (unpaired) electrons. The van der Waals surface area contributed by atoms with E-state index in [-0.39, 0.29) is 17.9 Å². The first-order valence-electron chi connectivity index (χ1n) is 5.07. The minimum absolute atomic E-state index is 0.203. The molecule has 0 aliphatic carbocycles. The highest BCUT2D eigenvalue weighted by molar-refractivity contribution is 6.42. The average Bonchev–Trinajstić information content (AvgIpc) is 2.22. The molecule has 0 heterocycles. The Labute approximate surface area is 106 Å². The molecular formula is C12H14Cl2N2. The Morgan fingerprint density at radius 2 is 1.88 bits per heavy atom. The summed E-state index contributed by atoms with van der Waals surface area (Å²) in [4.78, 5) is 0. The van der Waals surface area contributed by atoms with E-state index in [1.54, 1.807) is 12.1 Å². The van der Waals surface area contributed by atoms with E-state index in [9.17, 15) is 0 Å². The molecule has 0 aliphatic rings. The number of hydrogen-bond donors (Lipinski definition) is 1. The van der Waals surface area contributed by atoms with Gasteiger partial charge in [-0.25, -0.2) is 0 Å². The van der Waals surface area contributed by atoms with Crippen LogP contribution in [0.15, 0.2) is 18.2 Å². The van der Waals surface area contributed by atoms with Crippen LogP contribution in [0.1, 0.15) is 25.5 Å². The van der Waals surface area contributed by atoms with Crippen LogP contribution < -0.4 is 5.73 Å². The van der Waals surface area contributed by atoms with Crippen LogP contribution in [0.25, 0.3) is 0 Å². The molecule has 0 amide bonds. The highest BCUT2D eigenvalue weighted by Gasteiger charge is 2.22. The lowest BCUT2D eigenvalue weighted by atomic mass is 9.86. The molecule has 86 valence electrons. The second kappa shape index (κ2) is 5.54. The number of nitrogens with two attached hydrogens (primary N) is 1. The summed E-state index contributed by atoms with van der Waals surface area (Å²) < 4.78 is 0. The molecule has 16 heavy (non-hydrogen) atoms. The van der Waals surface area contributed by atoms with E-state index in [1.807, 2.05) is 19.9 Å². The van der Waals surface area contributed by atoms with Gasteiger partial charge >= 0.3 is 0 Å². The van der Waals surface area contributed by atoms with Crippen molar-refractivity contribution in [2.24, 2.45) is 17.6 Å². The SMILES string of the molecule is CC(C)C(C#N)C(N)c1ccc(Cl)c(Cl)c1. The summed E-state index contributed by atoms with van der Waals surface area (Å²) in [7, 11) is 0. The summed E-state index contributed by atoms with van der Waals surface area (Å²) in [6.07, 6.45) is 0. The molecule has 1 aromatic rings. The lowest BCUT2D eigenvalue weighted by molar-refractivity contribution is 0.404. The van der Waals surface area contributed by atoms with Gasteiger partial charge in [0.2, 0.25) is 0 Å². The predicted octanol–water partition coefficient (Wildman–Crippen LogP) is 3.79. The van der Waals surface area contributed by atoms with Crippen molar-refractivity contribution in [1.29, 1.82) is 5.26 Å². The maximum absolute atomic E-state index is 9.06. The Hall–Kier alpha value is -0.750. The van der Waals surface area contributed by atoms with E-state index < -0.39 is 0 Å². The number of halogens is 2. The molecular weight excluding hydrogens is 243 g/mol. The van der Waals surface area contributed by atoms with Gasteiger partial charge in [0, 0.05) is 6.04 Å². The first-order valence-corrected chi connectivity index (χ1v) is 5.83. The fourth-order valence-corrected chi connectivity index (χ4v) is 1.88. The smallest absolute Gasteiger partial charge is 0.0679 e. The van der Waals surface area contributed by atoms with Gasteiger partial charge in [0.1, 0.15) is 0 Å². The van der Waals surface area contributed by atoms with Gasteiger partial charge in [-0.05, 0) is 23.6 Å². The zero-order valence-electron chi connectivity index (χ0n) is 9.24. The van der Waals surface area contributed by atoms with Crippen molar-refractivity contribution < 1.29 is 0 Å². The van der Waals surface area contributed by atoms with Gasteiger partial charge in [0.15, 0.2) is 0 Å². The van der Waals surface area contributed by atoms with Gasteiger partial charge in [0.05, 0.1) is 22.0 Å². The Morgan fingerprint density at radius 3 is 2.31 bits per heavy atom. The lowest BCUT2D eigenvalue weighted by Crippen LogP contribution is -2.24. The molecule has 0 aromatic heterocycles. The highest BCUT2D eigenvalue weighted by atomic mass is 35.5. The third-order valence-electron chi connectivity index (χ3n) is 2.58. The Balaban J connectivity index is 3.00. The molecule has 1 aromatic carbocycles. The average molecular weight is 257 g/mol. The summed E-state index contributed by atoms with van der Waals surface area (Å²) in [5.41, 5.74) is 6.89. The summed E-state index contributed by atoms with van der Waals surface area (Å²) in [6, 6.07) is 7.14. The monoisotopic (exact) mass is 256 g/mol. The molecule has 0 fully saturated rings. The van der Waals surface area contributed by atoms with E-state index >= 15 is 0 Å². The van der Waals surface area contributed by atoms with E-state index in [0.717, 1.165) is 5.56 Å². The van der Waals surface area contributed by atoms with Gasteiger partial charge in [-0.1, -0.05) is 43.1 Å². The fourth-order valence-electron chi connectivity index (χ4n) is 1.57. The first kappa shape index (κ1) is 13.3. The quantitative estimate of drug-likeness (QED) is 0.895. The summed E-state index contributed by atoms with van der Waals surface area (Å²) in [6.45, 7) is 3.95. The summed E-state index contributed by atoms with van der Waals surface area (Å²) in [5, 5.41) is 10.0. The minimum Gasteiger partial charge on any atom is -0.323 e. The van der Waals surface area contributed by atoms with Crippen LogP contribution in [0.2, 0.25) is 10.0 Å². The van der Waals surface area contributed by atoms with Gasteiger partial charge in [-0.3, -0.25) is 0 Å². The van der Waals surface area contributed by atoms with Crippen LogP contribution in [-0.2, 0) is 0 Å². The molecule has 0 aliphatic heterocycles. The number of hydrogen-bond acceptors (Lipinski definition) is 2. The highest BCUT2D eigenvalue weighted by Crippen LogP contribution is 2.30. The van der Waals surface area contributed by atoms with Gasteiger partial charge in [0.25, 0.3) is 0 Å². The van der Waals surface area contributed by atoms with Crippen molar-refractivity contribution in [2.75, 3.05) is 0 Å². The van der Waals surface area contributed by atoms with Gasteiger partial charge < -0.3 is 5.73 Å². The number of nitriles is 1. The molecule has 4 heteroatoms. The number of rotatable bonds is 3. The molecule has 2 N–H and O–H groups in total. The van der Waals surface area contributed by atoms with E-state index in [0.29, 0.717) is 10.0 Å². The van der Waals surface area contributed by atoms with Crippen molar-refractivity contribution >= 4 is 23.2 Å². The Kier molecular flexibility index (Phi) is 4.61. The fraction of sp³-hybridized carbons (Fsp3) is 0.417. The number of nitrogens with zero attached hydrogens (tertiary/aromatic N) is 1. The third kappa shape index (κ3) is 2.89. The molecule has 2 unspecified atom stereocenters. The minimum atomic E-state index is -0.334. The molecule has 2 atom stereocenters. The van der Waals surface area contributed by atoms with Crippen LogP contribution in [0, 0.1) is 23.2 Å². The largest absolute Gasteiger partial charge is 0.323 e. The van der Waals surface area contributed by atoms with Crippen molar-refractivity contribution in [3.8, 4) is 6.07 Å². The third-order valence-corrected chi connectivity index (χ3v) is 3.32. The van der Waals surface area contributed by atoms with Crippen LogP contribution in [0.5, 0.6) is 0 Å². The van der Waals surface area contributed by atoms with E-state index in [4.69, 9.17) is 34.2 Å². The van der Waals surface area contributed by atoms with Crippen LogP contribution in [0.4, 0.5) is 0 Å². The maximum Gasteiger partial charge on any atom is 0.0679 e. The molecule has 1 rings (SSSR count). The molecule has 0 saturated heterocycles. The molecule has 0 bridgehead atoms. The van der Waals surface area contributed by atoms with Crippen LogP contribution >= 0.6 is 23.2 Å². The molecule has 0 spiro atoms. The predicted molar refractivity (Wildman–Crippen MR) is 67.3 cm³/mol. The molecule has 2 nitrogen and oxygen atoms in total. The standard InChI is InChI=1S/C12H14Cl2N2/c1-7(2)9(6-15)12(16)8-3-4-10(13)11(14)5-8/h3-5,7,9,12H,16H2,1-2H3. The zero-order chi connectivity index (χ0) is 12.3. The van der Waals surface area contributed by atoms with Crippen molar-refractivity contribution in [2.45, 2.75) is 19.9 Å². The van der Waals surface area contributed by atoms with E-state index in [1.165, 1.54) is 0 Å². The zero-order valence-corrected chi connectivity index (χ0v) is 10.8. The lowest BCUT2D eigenvalue weighted by Gasteiger charge is -2.21. The topological polar surface area (TPSA) is 49.8 Å². The van der Waals surface area contributed by atoms with Crippen LogP contribution in [0.3, 0.4) is 0 Å². The van der Waals surface area contributed by atoms with Crippen molar-refractivity contribution in [3.05, 3.63) is 33.8 Å². The van der Waals surface area contributed by atoms with Crippen molar-refractivity contribution in [1.82, 2.24) is 0 Å².